The molecule has 8 heteroatoms. The average molecular weight is 487 g/mol. The predicted octanol–water partition coefficient (Wildman–Crippen LogP) is 5.70. The normalized spacial score (nSPS) is 12.3. The maximum absolute atomic E-state index is 12.6. The monoisotopic (exact) mass is 486 g/mol. The van der Waals surface area contributed by atoms with Crippen molar-refractivity contribution in [2.45, 2.75) is 52.6 Å². The lowest BCUT2D eigenvalue weighted by Gasteiger charge is -2.15. The molecule has 0 aliphatic heterocycles. The zero-order valence-electron chi connectivity index (χ0n) is 20.7. The van der Waals surface area contributed by atoms with E-state index in [1.807, 2.05) is 37.3 Å². The van der Waals surface area contributed by atoms with Gasteiger partial charge in [-0.05, 0) is 54.8 Å². The number of nitrogens with one attached hydrogen (secondary N) is 2. The number of amides is 1. The SMILES string of the molecule is Cc1cc(-c2ccnc(NC(C)c3ccncc3)n2)ccc1CNC(=O)c1cnc(C(C)(C)C)s1. The highest BCUT2D eigenvalue weighted by molar-refractivity contribution is 7.13. The molecule has 0 radical (unpaired) electrons. The van der Waals surface area contributed by atoms with E-state index in [0.717, 1.165) is 33.0 Å². The summed E-state index contributed by atoms with van der Waals surface area (Å²) in [5.41, 5.74) is 5.02. The van der Waals surface area contributed by atoms with Gasteiger partial charge < -0.3 is 10.6 Å². The number of pyridine rings is 1. The lowest BCUT2D eigenvalue weighted by Crippen LogP contribution is -2.22. The molecule has 0 fully saturated rings. The van der Waals surface area contributed by atoms with Gasteiger partial charge in [-0.15, -0.1) is 11.3 Å². The van der Waals surface area contributed by atoms with E-state index in [2.05, 4.69) is 59.3 Å². The van der Waals surface area contributed by atoms with Crippen molar-refractivity contribution in [3.05, 3.63) is 87.8 Å². The average Bonchev–Trinajstić information content (AvgIpc) is 3.35. The number of aryl methyl sites for hydroxylation is 1. The van der Waals surface area contributed by atoms with Crippen molar-refractivity contribution in [3.63, 3.8) is 0 Å². The van der Waals surface area contributed by atoms with Crippen LogP contribution < -0.4 is 10.6 Å². The highest BCUT2D eigenvalue weighted by Gasteiger charge is 2.20. The van der Waals surface area contributed by atoms with Crippen LogP contribution in [0.5, 0.6) is 0 Å². The third kappa shape index (κ3) is 6.08. The highest BCUT2D eigenvalue weighted by Crippen LogP contribution is 2.27. The summed E-state index contributed by atoms with van der Waals surface area (Å²) in [6.45, 7) is 10.8. The second kappa shape index (κ2) is 10.3. The number of thiazole rings is 1. The molecule has 7 nitrogen and oxygen atoms in total. The molecule has 1 aromatic carbocycles. The quantitative estimate of drug-likeness (QED) is 0.348. The summed E-state index contributed by atoms with van der Waals surface area (Å²) in [5, 5.41) is 7.33. The summed E-state index contributed by atoms with van der Waals surface area (Å²) in [6, 6.07) is 12.0. The van der Waals surface area contributed by atoms with Crippen LogP contribution in [0.4, 0.5) is 5.95 Å². The molecule has 0 aliphatic carbocycles. The second-order valence-corrected chi connectivity index (χ2v) is 10.5. The largest absolute Gasteiger partial charge is 0.348 e. The van der Waals surface area contributed by atoms with Gasteiger partial charge >= 0.3 is 0 Å². The van der Waals surface area contributed by atoms with Crippen LogP contribution in [0.1, 0.15) is 65.1 Å². The summed E-state index contributed by atoms with van der Waals surface area (Å²) in [6.07, 6.45) is 6.97. The summed E-state index contributed by atoms with van der Waals surface area (Å²) < 4.78 is 0. The maximum Gasteiger partial charge on any atom is 0.263 e. The van der Waals surface area contributed by atoms with E-state index in [-0.39, 0.29) is 17.4 Å². The van der Waals surface area contributed by atoms with E-state index in [0.29, 0.717) is 17.4 Å². The molecule has 180 valence electrons. The van der Waals surface area contributed by atoms with Crippen molar-refractivity contribution in [1.29, 1.82) is 0 Å². The Hall–Kier alpha value is -3.65. The van der Waals surface area contributed by atoms with Gasteiger partial charge in [-0.25, -0.2) is 15.0 Å². The van der Waals surface area contributed by atoms with Gasteiger partial charge in [-0.2, -0.15) is 0 Å². The van der Waals surface area contributed by atoms with E-state index >= 15 is 0 Å². The number of anilines is 1. The van der Waals surface area contributed by atoms with Crippen LogP contribution in [-0.4, -0.2) is 25.8 Å². The van der Waals surface area contributed by atoms with Crippen molar-refractivity contribution in [3.8, 4) is 11.3 Å². The Morgan fingerprint density at radius 1 is 1.06 bits per heavy atom. The third-order valence-electron chi connectivity index (χ3n) is 5.66. The first-order chi connectivity index (χ1) is 16.7. The lowest BCUT2D eigenvalue weighted by atomic mass is 9.98. The van der Waals surface area contributed by atoms with E-state index < -0.39 is 0 Å². The summed E-state index contributed by atoms with van der Waals surface area (Å²) in [5.74, 6) is 0.469. The minimum atomic E-state index is -0.101. The van der Waals surface area contributed by atoms with Crippen LogP contribution >= 0.6 is 11.3 Å². The van der Waals surface area contributed by atoms with Gasteiger partial charge in [-0.3, -0.25) is 9.78 Å². The van der Waals surface area contributed by atoms with E-state index in [9.17, 15) is 4.79 Å². The Morgan fingerprint density at radius 3 is 2.51 bits per heavy atom. The number of aromatic nitrogens is 4. The number of carbonyl (C=O) groups excluding carboxylic acids is 1. The fourth-order valence-corrected chi connectivity index (χ4v) is 4.45. The molecule has 0 bridgehead atoms. The van der Waals surface area contributed by atoms with Crippen LogP contribution in [0.2, 0.25) is 0 Å². The Labute approximate surface area is 210 Å². The number of nitrogens with zero attached hydrogens (tertiary/aromatic N) is 4. The molecule has 2 N–H and O–H groups in total. The molecule has 4 rings (SSSR count). The maximum atomic E-state index is 12.6. The minimum absolute atomic E-state index is 0.0546. The number of carbonyl (C=O) groups is 1. The fourth-order valence-electron chi connectivity index (χ4n) is 3.56. The van der Waals surface area contributed by atoms with Gasteiger partial charge in [0, 0.05) is 36.1 Å². The van der Waals surface area contributed by atoms with Crippen molar-refractivity contribution >= 4 is 23.2 Å². The third-order valence-corrected chi connectivity index (χ3v) is 7.08. The second-order valence-electron chi connectivity index (χ2n) is 9.52. The predicted molar refractivity (Wildman–Crippen MR) is 140 cm³/mol. The first kappa shape index (κ1) is 24.5. The zero-order chi connectivity index (χ0) is 25.0. The van der Waals surface area contributed by atoms with Crippen molar-refractivity contribution in [2.75, 3.05) is 5.32 Å². The molecule has 0 spiro atoms. The van der Waals surface area contributed by atoms with Crippen LogP contribution in [0.25, 0.3) is 11.3 Å². The molecule has 3 aromatic heterocycles. The molecule has 1 amide bonds. The highest BCUT2D eigenvalue weighted by atomic mass is 32.1. The smallest absolute Gasteiger partial charge is 0.263 e. The number of rotatable bonds is 7. The molecular weight excluding hydrogens is 456 g/mol. The Morgan fingerprint density at radius 2 is 1.83 bits per heavy atom. The summed E-state index contributed by atoms with van der Waals surface area (Å²) in [4.78, 5) is 30.8. The standard InChI is InChI=1S/C27H30N6OS/c1-17-14-20(22-10-13-29-26(33-22)32-18(2)19-8-11-28-12-9-19)6-7-21(17)15-30-24(34)23-16-31-25(35-23)27(3,4)5/h6-14,16,18H,15H2,1-5H3,(H,30,34)(H,29,32,33). The first-order valence-electron chi connectivity index (χ1n) is 11.5. The lowest BCUT2D eigenvalue weighted by molar-refractivity contribution is 0.0954. The topological polar surface area (TPSA) is 92.7 Å². The van der Waals surface area contributed by atoms with Crippen molar-refractivity contribution in [1.82, 2.24) is 25.3 Å². The van der Waals surface area contributed by atoms with Gasteiger partial charge in [0.25, 0.3) is 5.91 Å². The van der Waals surface area contributed by atoms with Gasteiger partial charge in [0.15, 0.2) is 0 Å². The minimum Gasteiger partial charge on any atom is -0.348 e. The molecule has 1 unspecified atom stereocenters. The Kier molecular flexibility index (Phi) is 7.21. The van der Waals surface area contributed by atoms with Gasteiger partial charge in [0.1, 0.15) is 4.88 Å². The van der Waals surface area contributed by atoms with Crippen LogP contribution in [0, 0.1) is 6.92 Å². The number of hydrogen-bond acceptors (Lipinski definition) is 7. The molecule has 35 heavy (non-hydrogen) atoms. The molecule has 0 aliphatic rings. The van der Waals surface area contributed by atoms with Gasteiger partial charge in [0.05, 0.1) is 22.9 Å². The van der Waals surface area contributed by atoms with E-state index in [1.165, 1.54) is 11.3 Å². The van der Waals surface area contributed by atoms with Crippen molar-refractivity contribution in [2.24, 2.45) is 0 Å². The summed E-state index contributed by atoms with van der Waals surface area (Å²) in [7, 11) is 0. The van der Waals surface area contributed by atoms with E-state index in [1.54, 1.807) is 24.8 Å². The molecule has 1 atom stereocenters. The van der Waals surface area contributed by atoms with Gasteiger partial charge in [0.2, 0.25) is 5.95 Å². The Balaban J connectivity index is 1.42. The molecule has 3 heterocycles. The molecule has 4 aromatic rings. The van der Waals surface area contributed by atoms with Crippen LogP contribution in [-0.2, 0) is 12.0 Å². The molecular formula is C27H30N6OS. The summed E-state index contributed by atoms with van der Waals surface area (Å²) >= 11 is 1.44. The molecule has 0 saturated carbocycles. The van der Waals surface area contributed by atoms with Crippen molar-refractivity contribution < 1.29 is 4.79 Å². The van der Waals surface area contributed by atoms with Crippen LogP contribution in [0.15, 0.2) is 61.2 Å². The number of benzene rings is 1. The van der Waals surface area contributed by atoms with E-state index in [4.69, 9.17) is 4.98 Å². The fraction of sp³-hybridized carbons (Fsp3) is 0.296. The van der Waals surface area contributed by atoms with Crippen LogP contribution in [0.3, 0.4) is 0 Å². The molecule has 0 saturated heterocycles. The first-order valence-corrected chi connectivity index (χ1v) is 12.4. The zero-order valence-corrected chi connectivity index (χ0v) is 21.5. The Bertz CT molecular complexity index is 1310. The number of hydrogen-bond donors (Lipinski definition) is 2. The van der Waals surface area contributed by atoms with Gasteiger partial charge in [-0.1, -0.05) is 32.9 Å².